The van der Waals surface area contributed by atoms with Crippen LogP contribution in [-0.4, -0.2) is 26.9 Å². The number of benzene rings is 1. The number of likely N-dealkylation sites (N-methyl/N-ethyl adjacent to an activating group) is 1. The average Bonchev–Trinajstić information content (AvgIpc) is 2.87. The SMILES string of the molecule is CNC(c1cc(Cl)c(OC)cc1Cl)C1CCCO1. The van der Waals surface area contributed by atoms with E-state index in [1.807, 2.05) is 13.1 Å². The smallest absolute Gasteiger partial charge is 0.138 e. The summed E-state index contributed by atoms with van der Waals surface area (Å²) in [6.07, 6.45) is 2.27. The molecule has 0 aliphatic carbocycles. The van der Waals surface area contributed by atoms with Crippen molar-refractivity contribution in [3.8, 4) is 5.75 Å². The lowest BCUT2D eigenvalue weighted by Gasteiger charge is -2.24. The van der Waals surface area contributed by atoms with Crippen LogP contribution in [0.5, 0.6) is 5.75 Å². The van der Waals surface area contributed by atoms with Gasteiger partial charge < -0.3 is 14.8 Å². The van der Waals surface area contributed by atoms with Gasteiger partial charge >= 0.3 is 0 Å². The van der Waals surface area contributed by atoms with E-state index in [4.69, 9.17) is 32.7 Å². The Labute approximate surface area is 117 Å². The van der Waals surface area contributed by atoms with E-state index >= 15 is 0 Å². The average molecular weight is 290 g/mol. The molecule has 0 amide bonds. The van der Waals surface area contributed by atoms with Crippen molar-refractivity contribution in [3.05, 3.63) is 27.7 Å². The number of rotatable bonds is 4. The summed E-state index contributed by atoms with van der Waals surface area (Å²) in [6, 6.07) is 3.66. The molecular weight excluding hydrogens is 273 g/mol. The first-order chi connectivity index (χ1) is 8.67. The highest BCUT2D eigenvalue weighted by Crippen LogP contribution is 2.37. The molecule has 18 heavy (non-hydrogen) atoms. The Balaban J connectivity index is 2.32. The Hall–Kier alpha value is -0.480. The second-order valence-corrected chi connectivity index (χ2v) is 5.14. The third-order valence-electron chi connectivity index (χ3n) is 3.25. The van der Waals surface area contributed by atoms with E-state index in [1.54, 1.807) is 13.2 Å². The minimum absolute atomic E-state index is 0.0587. The van der Waals surface area contributed by atoms with E-state index < -0.39 is 0 Å². The van der Waals surface area contributed by atoms with Crippen molar-refractivity contribution < 1.29 is 9.47 Å². The van der Waals surface area contributed by atoms with Gasteiger partial charge in [0, 0.05) is 17.7 Å². The van der Waals surface area contributed by atoms with Crippen LogP contribution in [0.1, 0.15) is 24.4 Å². The minimum Gasteiger partial charge on any atom is -0.495 e. The number of ether oxygens (including phenoxy) is 2. The zero-order valence-electron chi connectivity index (χ0n) is 10.5. The molecule has 1 aromatic rings. The number of methoxy groups -OCH3 is 1. The third-order valence-corrected chi connectivity index (χ3v) is 3.88. The summed E-state index contributed by atoms with van der Waals surface area (Å²) < 4.78 is 10.9. The maximum atomic E-state index is 6.30. The van der Waals surface area contributed by atoms with Gasteiger partial charge in [0.05, 0.1) is 24.3 Å². The lowest BCUT2D eigenvalue weighted by Crippen LogP contribution is -2.29. The van der Waals surface area contributed by atoms with E-state index in [0.717, 1.165) is 25.0 Å². The topological polar surface area (TPSA) is 30.5 Å². The Morgan fingerprint density at radius 3 is 2.72 bits per heavy atom. The number of hydrogen-bond donors (Lipinski definition) is 1. The van der Waals surface area contributed by atoms with Gasteiger partial charge in [0.2, 0.25) is 0 Å². The Kier molecular flexibility index (Phi) is 4.73. The Morgan fingerprint density at radius 1 is 1.39 bits per heavy atom. The van der Waals surface area contributed by atoms with Gasteiger partial charge in [0.1, 0.15) is 5.75 Å². The molecule has 1 N–H and O–H groups in total. The van der Waals surface area contributed by atoms with E-state index in [-0.39, 0.29) is 12.1 Å². The van der Waals surface area contributed by atoms with E-state index in [0.29, 0.717) is 15.8 Å². The van der Waals surface area contributed by atoms with Crippen LogP contribution in [0.2, 0.25) is 10.0 Å². The highest BCUT2D eigenvalue weighted by atomic mass is 35.5. The fourth-order valence-electron chi connectivity index (χ4n) is 2.35. The minimum atomic E-state index is 0.0587. The molecule has 3 nitrogen and oxygen atoms in total. The predicted octanol–water partition coefficient (Wildman–Crippen LogP) is 3.44. The summed E-state index contributed by atoms with van der Waals surface area (Å²) in [6.45, 7) is 0.810. The van der Waals surface area contributed by atoms with Gasteiger partial charge in [-0.2, -0.15) is 0 Å². The lowest BCUT2D eigenvalue weighted by atomic mass is 9.99. The van der Waals surface area contributed by atoms with Crippen LogP contribution >= 0.6 is 23.2 Å². The molecule has 0 aromatic heterocycles. The van der Waals surface area contributed by atoms with Gasteiger partial charge in [0.15, 0.2) is 0 Å². The lowest BCUT2D eigenvalue weighted by molar-refractivity contribution is 0.0808. The van der Waals surface area contributed by atoms with Gasteiger partial charge in [0.25, 0.3) is 0 Å². The summed E-state index contributed by atoms with van der Waals surface area (Å²) in [7, 11) is 3.48. The molecule has 0 radical (unpaired) electrons. The fraction of sp³-hybridized carbons (Fsp3) is 0.538. The second-order valence-electron chi connectivity index (χ2n) is 4.33. The molecular formula is C13H17Cl2NO2. The summed E-state index contributed by atoms with van der Waals surface area (Å²) in [5.41, 5.74) is 0.955. The summed E-state index contributed by atoms with van der Waals surface area (Å²) in [5.74, 6) is 0.590. The van der Waals surface area contributed by atoms with Gasteiger partial charge in [-0.3, -0.25) is 0 Å². The van der Waals surface area contributed by atoms with E-state index in [9.17, 15) is 0 Å². The fourth-order valence-corrected chi connectivity index (χ4v) is 2.87. The molecule has 1 aliphatic heterocycles. The molecule has 1 fully saturated rings. The summed E-state index contributed by atoms with van der Waals surface area (Å²) >= 11 is 12.5. The molecule has 1 heterocycles. The van der Waals surface area contributed by atoms with Crippen molar-refractivity contribution >= 4 is 23.2 Å². The third kappa shape index (κ3) is 2.75. The normalized spacial score (nSPS) is 21.0. The molecule has 2 unspecified atom stereocenters. The molecule has 0 saturated carbocycles. The van der Waals surface area contributed by atoms with Crippen molar-refractivity contribution in [2.45, 2.75) is 25.0 Å². The molecule has 100 valence electrons. The van der Waals surface area contributed by atoms with Crippen molar-refractivity contribution in [1.82, 2.24) is 5.32 Å². The zero-order chi connectivity index (χ0) is 13.1. The zero-order valence-corrected chi connectivity index (χ0v) is 12.0. The number of nitrogens with one attached hydrogen (secondary N) is 1. The standard InChI is InChI=1S/C13H17Cl2NO2/c1-16-13(11-4-3-5-18-11)8-6-10(15)12(17-2)7-9(8)14/h6-7,11,13,16H,3-5H2,1-2H3. The Bertz CT molecular complexity index is 420. The second kappa shape index (κ2) is 6.11. The van der Waals surface area contributed by atoms with Gasteiger partial charge in [-0.15, -0.1) is 0 Å². The molecule has 1 aromatic carbocycles. The maximum Gasteiger partial charge on any atom is 0.138 e. The van der Waals surface area contributed by atoms with Crippen LogP contribution < -0.4 is 10.1 Å². The highest BCUT2D eigenvalue weighted by Gasteiger charge is 2.28. The molecule has 1 aliphatic rings. The van der Waals surface area contributed by atoms with Crippen LogP contribution in [0, 0.1) is 0 Å². The summed E-state index contributed by atoms with van der Waals surface area (Å²) in [4.78, 5) is 0. The molecule has 0 spiro atoms. The first kappa shape index (κ1) is 13.9. The number of hydrogen-bond acceptors (Lipinski definition) is 3. The predicted molar refractivity (Wildman–Crippen MR) is 73.8 cm³/mol. The molecule has 1 saturated heterocycles. The van der Waals surface area contributed by atoms with E-state index in [2.05, 4.69) is 5.32 Å². The van der Waals surface area contributed by atoms with Crippen LogP contribution in [0.25, 0.3) is 0 Å². The van der Waals surface area contributed by atoms with Crippen LogP contribution in [-0.2, 0) is 4.74 Å². The van der Waals surface area contributed by atoms with Crippen LogP contribution in [0.4, 0.5) is 0 Å². The van der Waals surface area contributed by atoms with Crippen LogP contribution in [0.3, 0.4) is 0 Å². The first-order valence-electron chi connectivity index (χ1n) is 5.99. The van der Waals surface area contributed by atoms with E-state index in [1.165, 1.54) is 0 Å². The van der Waals surface area contributed by atoms with Crippen molar-refractivity contribution in [2.24, 2.45) is 0 Å². The number of halogens is 2. The first-order valence-corrected chi connectivity index (χ1v) is 6.74. The highest BCUT2D eigenvalue weighted by molar-refractivity contribution is 6.34. The quantitative estimate of drug-likeness (QED) is 0.921. The summed E-state index contributed by atoms with van der Waals surface area (Å²) in [5, 5.41) is 4.47. The Morgan fingerprint density at radius 2 is 2.17 bits per heavy atom. The van der Waals surface area contributed by atoms with Crippen LogP contribution in [0.15, 0.2) is 12.1 Å². The molecule has 2 rings (SSSR count). The van der Waals surface area contributed by atoms with Gasteiger partial charge in [-0.05, 0) is 31.5 Å². The van der Waals surface area contributed by atoms with Crippen molar-refractivity contribution in [3.63, 3.8) is 0 Å². The van der Waals surface area contributed by atoms with Gasteiger partial charge in [-0.1, -0.05) is 23.2 Å². The molecule has 0 bridgehead atoms. The van der Waals surface area contributed by atoms with Crippen molar-refractivity contribution in [2.75, 3.05) is 20.8 Å². The van der Waals surface area contributed by atoms with Crippen molar-refractivity contribution in [1.29, 1.82) is 0 Å². The maximum absolute atomic E-state index is 6.30. The monoisotopic (exact) mass is 289 g/mol. The largest absolute Gasteiger partial charge is 0.495 e. The molecule has 5 heteroatoms. The van der Waals surface area contributed by atoms with Gasteiger partial charge in [-0.25, -0.2) is 0 Å². The molecule has 2 atom stereocenters.